The smallest absolute Gasteiger partial charge is 0.127 e. The maximum atomic E-state index is 8.52. The first kappa shape index (κ1) is 18.4. The molecule has 0 spiro atoms. The number of rotatable bonds is 2. The van der Waals surface area contributed by atoms with Crippen molar-refractivity contribution in [3.8, 4) is 6.07 Å². The van der Waals surface area contributed by atoms with Crippen LogP contribution in [0.5, 0.6) is 0 Å². The molecule has 1 aliphatic heterocycles. The topological polar surface area (TPSA) is 52.0 Å². The van der Waals surface area contributed by atoms with Crippen molar-refractivity contribution in [2.45, 2.75) is 40.0 Å². The van der Waals surface area contributed by atoms with Crippen LogP contribution in [0.3, 0.4) is 0 Å². The molecule has 2 heterocycles. The zero-order valence-electron chi connectivity index (χ0n) is 13.3. The normalized spacial score (nSPS) is 13.9. The number of anilines is 1. The van der Waals surface area contributed by atoms with Crippen molar-refractivity contribution in [1.82, 2.24) is 9.88 Å². The third kappa shape index (κ3) is 8.49. The van der Waals surface area contributed by atoms with Crippen LogP contribution in [0.25, 0.3) is 0 Å². The van der Waals surface area contributed by atoms with Crippen LogP contribution in [-0.4, -0.2) is 36.6 Å². The summed E-state index contributed by atoms with van der Waals surface area (Å²) in [5, 5.41) is 11.5. The third-order valence-corrected chi connectivity index (χ3v) is 2.83. The number of pyridine rings is 1. The molecule has 0 radical (unpaired) electrons. The highest BCUT2D eigenvalue weighted by atomic mass is 15.1. The lowest BCUT2D eigenvalue weighted by atomic mass is 10.1. The average molecular weight is 276 g/mol. The average Bonchev–Trinajstić information content (AvgIpc) is 2.51. The van der Waals surface area contributed by atoms with E-state index in [0.717, 1.165) is 12.4 Å². The lowest BCUT2D eigenvalue weighted by molar-refractivity contribution is 0.277. The zero-order chi connectivity index (χ0) is 15.2. The van der Waals surface area contributed by atoms with E-state index in [9.17, 15) is 0 Å². The first-order valence-electron chi connectivity index (χ1n) is 7.55. The van der Waals surface area contributed by atoms with E-state index in [1.54, 1.807) is 18.3 Å². The molecule has 2 rings (SSSR count). The highest BCUT2D eigenvalue weighted by molar-refractivity contribution is 5.41. The summed E-state index contributed by atoms with van der Waals surface area (Å²) in [5.41, 5.74) is 0.635. The molecule has 1 fully saturated rings. The minimum Gasteiger partial charge on any atom is -0.370 e. The van der Waals surface area contributed by atoms with E-state index in [4.69, 9.17) is 5.26 Å². The van der Waals surface area contributed by atoms with Crippen LogP contribution in [0.2, 0.25) is 0 Å². The number of piperidine rings is 1. The molecule has 20 heavy (non-hydrogen) atoms. The van der Waals surface area contributed by atoms with Gasteiger partial charge in [-0.05, 0) is 52.0 Å². The van der Waals surface area contributed by atoms with Crippen molar-refractivity contribution >= 4 is 5.82 Å². The molecule has 0 atom stereocenters. The molecule has 1 aromatic rings. The van der Waals surface area contributed by atoms with Gasteiger partial charge in [0.15, 0.2) is 0 Å². The van der Waals surface area contributed by atoms with E-state index >= 15 is 0 Å². The van der Waals surface area contributed by atoms with Crippen molar-refractivity contribution < 1.29 is 0 Å². The van der Waals surface area contributed by atoms with Crippen LogP contribution in [0, 0.1) is 11.3 Å². The van der Waals surface area contributed by atoms with Gasteiger partial charge in [-0.15, -0.1) is 0 Å². The Balaban J connectivity index is 0.000000345. The van der Waals surface area contributed by atoms with E-state index in [1.807, 2.05) is 26.8 Å². The number of nitrogens with zero attached hydrogens (tertiary/aromatic N) is 3. The van der Waals surface area contributed by atoms with Crippen molar-refractivity contribution in [3.63, 3.8) is 0 Å². The van der Waals surface area contributed by atoms with Gasteiger partial charge in [0.25, 0.3) is 0 Å². The van der Waals surface area contributed by atoms with Crippen LogP contribution in [-0.2, 0) is 0 Å². The highest BCUT2D eigenvalue weighted by Gasteiger charge is 2.02. The molecule has 1 N–H and O–H groups in total. The van der Waals surface area contributed by atoms with Gasteiger partial charge in [0.2, 0.25) is 0 Å². The van der Waals surface area contributed by atoms with Gasteiger partial charge in [-0.3, -0.25) is 0 Å². The highest BCUT2D eigenvalue weighted by Crippen LogP contribution is 2.05. The van der Waals surface area contributed by atoms with Crippen molar-refractivity contribution in [2.24, 2.45) is 0 Å². The molecule has 1 saturated heterocycles. The molecule has 0 saturated carbocycles. The van der Waals surface area contributed by atoms with Crippen LogP contribution in [0.4, 0.5) is 5.82 Å². The SMILES string of the molecule is CC.CCNc1cc(C#N)ccn1.CN1CCCCC1. The maximum Gasteiger partial charge on any atom is 0.127 e. The summed E-state index contributed by atoms with van der Waals surface area (Å²) in [4.78, 5) is 6.41. The third-order valence-electron chi connectivity index (χ3n) is 2.83. The van der Waals surface area contributed by atoms with Gasteiger partial charge in [-0.1, -0.05) is 20.3 Å². The van der Waals surface area contributed by atoms with Gasteiger partial charge in [-0.25, -0.2) is 4.98 Å². The predicted molar refractivity (Wildman–Crippen MR) is 85.8 cm³/mol. The molecule has 0 aromatic carbocycles. The molecule has 1 aromatic heterocycles. The summed E-state index contributed by atoms with van der Waals surface area (Å²) in [7, 11) is 2.19. The van der Waals surface area contributed by atoms with E-state index in [1.165, 1.54) is 32.4 Å². The number of hydrogen-bond acceptors (Lipinski definition) is 4. The standard InChI is InChI=1S/C8H9N3.C6H13N.C2H6/c1-2-10-8-5-7(6-9)3-4-11-8;1-7-5-3-2-4-6-7;1-2/h3-5H,2H2,1H3,(H,10,11);2-6H2,1H3;1-2H3. The summed E-state index contributed by atoms with van der Waals surface area (Å²) >= 11 is 0. The Morgan fingerprint density at radius 2 is 1.95 bits per heavy atom. The second-order valence-corrected chi connectivity index (χ2v) is 4.44. The van der Waals surface area contributed by atoms with Crippen LogP contribution in [0.1, 0.15) is 45.6 Å². The number of likely N-dealkylation sites (tertiary alicyclic amines) is 1. The van der Waals surface area contributed by atoms with E-state index in [-0.39, 0.29) is 0 Å². The molecular weight excluding hydrogens is 248 g/mol. The maximum absolute atomic E-state index is 8.52. The van der Waals surface area contributed by atoms with Crippen molar-refractivity contribution in [1.29, 1.82) is 5.26 Å². The fraction of sp³-hybridized carbons (Fsp3) is 0.625. The summed E-state index contributed by atoms with van der Waals surface area (Å²) in [6.07, 6.45) is 5.90. The van der Waals surface area contributed by atoms with Gasteiger partial charge in [0.05, 0.1) is 11.6 Å². The molecule has 1 aliphatic rings. The van der Waals surface area contributed by atoms with E-state index in [2.05, 4.69) is 22.2 Å². The van der Waals surface area contributed by atoms with E-state index in [0.29, 0.717) is 5.56 Å². The second-order valence-electron chi connectivity index (χ2n) is 4.44. The Labute approximate surface area is 123 Å². The summed E-state index contributed by atoms with van der Waals surface area (Å²) in [6, 6.07) is 5.45. The van der Waals surface area contributed by atoms with Crippen LogP contribution >= 0.6 is 0 Å². The first-order valence-corrected chi connectivity index (χ1v) is 7.55. The van der Waals surface area contributed by atoms with Gasteiger partial charge >= 0.3 is 0 Å². The zero-order valence-corrected chi connectivity index (χ0v) is 13.3. The molecule has 0 bridgehead atoms. The van der Waals surface area contributed by atoms with Gasteiger partial charge in [0, 0.05) is 12.7 Å². The van der Waals surface area contributed by atoms with Crippen LogP contribution in [0.15, 0.2) is 18.3 Å². The number of nitrogens with one attached hydrogen (secondary N) is 1. The number of aromatic nitrogens is 1. The summed E-state index contributed by atoms with van der Waals surface area (Å²) in [5.74, 6) is 0.756. The molecule has 4 nitrogen and oxygen atoms in total. The Kier molecular flexibility index (Phi) is 11.4. The summed E-state index contributed by atoms with van der Waals surface area (Å²) in [6.45, 7) is 9.45. The molecule has 112 valence electrons. The quantitative estimate of drug-likeness (QED) is 0.898. The first-order chi connectivity index (χ1) is 9.76. The molecule has 0 aliphatic carbocycles. The lowest BCUT2D eigenvalue weighted by Gasteiger charge is -2.20. The number of hydrogen-bond donors (Lipinski definition) is 1. The molecule has 4 heteroatoms. The molecular formula is C16H28N4. The van der Waals surface area contributed by atoms with Crippen molar-refractivity contribution in [3.05, 3.63) is 23.9 Å². The van der Waals surface area contributed by atoms with Crippen molar-refractivity contribution in [2.75, 3.05) is 32.0 Å². The van der Waals surface area contributed by atoms with E-state index < -0.39 is 0 Å². The fourth-order valence-electron chi connectivity index (χ4n) is 1.83. The Bertz CT molecular complexity index is 378. The minimum absolute atomic E-state index is 0.635. The number of nitriles is 1. The molecule has 0 amide bonds. The Morgan fingerprint density at radius 3 is 2.40 bits per heavy atom. The Morgan fingerprint density at radius 1 is 1.30 bits per heavy atom. The summed E-state index contributed by atoms with van der Waals surface area (Å²) < 4.78 is 0. The lowest BCUT2D eigenvalue weighted by Crippen LogP contribution is -2.24. The Hall–Kier alpha value is -1.60. The van der Waals surface area contributed by atoms with Crippen LogP contribution < -0.4 is 5.32 Å². The fourth-order valence-corrected chi connectivity index (χ4v) is 1.83. The molecule has 0 unspecified atom stereocenters. The second kappa shape index (κ2) is 12.4. The monoisotopic (exact) mass is 276 g/mol. The predicted octanol–water partition coefficient (Wildman–Crippen LogP) is 3.51. The van der Waals surface area contributed by atoms with Gasteiger partial charge in [-0.2, -0.15) is 5.26 Å². The van der Waals surface area contributed by atoms with Gasteiger partial charge in [0.1, 0.15) is 5.82 Å². The minimum atomic E-state index is 0.635. The van der Waals surface area contributed by atoms with Gasteiger partial charge < -0.3 is 10.2 Å². The largest absolute Gasteiger partial charge is 0.370 e.